The fraction of sp³-hybridized carbons (Fsp3) is 0.278. The molecule has 1 aliphatic heterocycles. The third-order valence-corrected chi connectivity index (χ3v) is 4.98. The van der Waals surface area contributed by atoms with E-state index < -0.39 is 29.0 Å². The maximum Gasteiger partial charge on any atom is 0.447 e. The second-order valence-electron chi connectivity index (χ2n) is 5.93. The van der Waals surface area contributed by atoms with Gasteiger partial charge in [-0.05, 0) is 24.3 Å². The van der Waals surface area contributed by atoms with Gasteiger partial charge in [-0.3, -0.25) is 4.79 Å². The summed E-state index contributed by atoms with van der Waals surface area (Å²) >= 11 is -0.423. The van der Waals surface area contributed by atoms with Gasteiger partial charge >= 0.3 is 5.51 Å². The van der Waals surface area contributed by atoms with Crippen LogP contribution in [0.25, 0.3) is 0 Å². The van der Waals surface area contributed by atoms with Crippen molar-refractivity contribution in [1.29, 1.82) is 5.26 Å². The van der Waals surface area contributed by atoms with Crippen LogP contribution < -0.4 is 4.90 Å². The smallest absolute Gasteiger partial charge is 0.367 e. The SMILES string of the molecule is N#Cc1c(F)cccc1N1CCN(C(=O)c2cccnc2SC(F)(F)F)CC1. The Balaban J connectivity index is 1.74. The molecule has 10 heteroatoms. The number of hydrogen-bond acceptors (Lipinski definition) is 5. The second kappa shape index (κ2) is 8.06. The van der Waals surface area contributed by atoms with Crippen molar-refractivity contribution in [3.8, 4) is 6.07 Å². The van der Waals surface area contributed by atoms with E-state index in [2.05, 4.69) is 4.98 Å². The molecule has 5 nitrogen and oxygen atoms in total. The highest BCUT2D eigenvalue weighted by Gasteiger charge is 2.33. The van der Waals surface area contributed by atoms with E-state index in [4.69, 9.17) is 5.26 Å². The van der Waals surface area contributed by atoms with E-state index in [0.717, 1.165) is 0 Å². The minimum Gasteiger partial charge on any atom is -0.367 e. The van der Waals surface area contributed by atoms with Gasteiger partial charge in [0.05, 0.1) is 11.3 Å². The monoisotopic (exact) mass is 410 g/mol. The van der Waals surface area contributed by atoms with Gasteiger partial charge < -0.3 is 9.80 Å². The molecule has 0 atom stereocenters. The van der Waals surface area contributed by atoms with Crippen molar-refractivity contribution in [2.24, 2.45) is 0 Å². The quantitative estimate of drug-likeness (QED) is 0.571. The molecule has 1 aromatic heterocycles. The third kappa shape index (κ3) is 4.36. The molecule has 1 saturated heterocycles. The first-order valence-electron chi connectivity index (χ1n) is 8.24. The van der Waals surface area contributed by atoms with Crippen LogP contribution in [0.2, 0.25) is 0 Å². The van der Waals surface area contributed by atoms with Crippen molar-refractivity contribution in [2.45, 2.75) is 10.5 Å². The molecule has 1 amide bonds. The van der Waals surface area contributed by atoms with Gasteiger partial charge in [0.15, 0.2) is 0 Å². The van der Waals surface area contributed by atoms with Crippen LogP contribution in [0.3, 0.4) is 0 Å². The largest absolute Gasteiger partial charge is 0.447 e. The molecule has 1 aromatic carbocycles. The Morgan fingerprint density at radius 3 is 2.50 bits per heavy atom. The number of rotatable bonds is 3. The van der Waals surface area contributed by atoms with Crippen molar-refractivity contribution >= 4 is 23.4 Å². The topological polar surface area (TPSA) is 60.2 Å². The minimum atomic E-state index is -4.55. The van der Waals surface area contributed by atoms with Gasteiger partial charge in [-0.25, -0.2) is 9.37 Å². The molecule has 146 valence electrons. The zero-order chi connectivity index (χ0) is 20.3. The predicted octanol–water partition coefficient (Wildman–Crippen LogP) is 3.67. The molecule has 1 fully saturated rings. The average Bonchev–Trinajstić information content (AvgIpc) is 2.66. The normalized spacial score (nSPS) is 14.7. The Kier molecular flexibility index (Phi) is 5.74. The van der Waals surface area contributed by atoms with Crippen molar-refractivity contribution in [3.63, 3.8) is 0 Å². The van der Waals surface area contributed by atoms with Crippen LogP contribution in [0.1, 0.15) is 15.9 Å². The average molecular weight is 410 g/mol. The number of aromatic nitrogens is 1. The van der Waals surface area contributed by atoms with Crippen LogP contribution in [0.5, 0.6) is 0 Å². The fourth-order valence-electron chi connectivity index (χ4n) is 2.95. The van der Waals surface area contributed by atoms with Crippen LogP contribution >= 0.6 is 11.8 Å². The summed E-state index contributed by atoms with van der Waals surface area (Å²) in [6, 6.07) is 8.88. The molecule has 0 aliphatic carbocycles. The first-order valence-corrected chi connectivity index (χ1v) is 9.05. The second-order valence-corrected chi connectivity index (χ2v) is 6.98. The molecule has 0 N–H and O–H groups in total. The van der Waals surface area contributed by atoms with E-state index in [1.54, 1.807) is 11.0 Å². The highest BCUT2D eigenvalue weighted by molar-refractivity contribution is 8.00. The number of amides is 1. The molecule has 0 saturated carbocycles. The van der Waals surface area contributed by atoms with E-state index in [0.29, 0.717) is 18.8 Å². The number of pyridine rings is 1. The molecule has 1 aliphatic rings. The molecule has 0 bridgehead atoms. The number of piperazine rings is 1. The Morgan fingerprint density at radius 2 is 1.86 bits per heavy atom. The van der Waals surface area contributed by atoms with Gasteiger partial charge in [0, 0.05) is 44.1 Å². The van der Waals surface area contributed by atoms with Gasteiger partial charge in [0.25, 0.3) is 5.91 Å². The highest BCUT2D eigenvalue weighted by atomic mass is 32.2. The first kappa shape index (κ1) is 19.9. The van der Waals surface area contributed by atoms with Gasteiger partial charge in [0.2, 0.25) is 0 Å². The van der Waals surface area contributed by atoms with E-state index in [9.17, 15) is 22.4 Å². The Hall–Kier alpha value is -2.80. The summed E-state index contributed by atoms with van der Waals surface area (Å²) in [6.07, 6.45) is 1.20. The summed E-state index contributed by atoms with van der Waals surface area (Å²) in [6.45, 7) is 1.11. The lowest BCUT2D eigenvalue weighted by Crippen LogP contribution is -2.49. The number of thioether (sulfide) groups is 1. The number of nitrogens with zero attached hydrogens (tertiary/aromatic N) is 4. The van der Waals surface area contributed by atoms with Crippen molar-refractivity contribution in [3.05, 3.63) is 53.5 Å². The number of hydrogen-bond donors (Lipinski definition) is 0. The molecule has 2 aromatic rings. The van der Waals surface area contributed by atoms with Crippen molar-refractivity contribution < 1.29 is 22.4 Å². The molecule has 28 heavy (non-hydrogen) atoms. The standard InChI is InChI=1S/C18H14F4N4OS/c19-14-4-1-5-15(13(14)11-23)25-7-9-26(10-8-25)17(27)12-3-2-6-24-16(12)28-18(20,21)22/h1-6H,7-10H2. The fourth-order valence-corrected chi connectivity index (χ4v) is 3.55. The predicted molar refractivity (Wildman–Crippen MR) is 95.4 cm³/mol. The molecular weight excluding hydrogens is 396 g/mol. The van der Waals surface area contributed by atoms with E-state index in [-0.39, 0.29) is 29.2 Å². The van der Waals surface area contributed by atoms with Crippen LogP contribution in [0.4, 0.5) is 23.2 Å². The molecular formula is C18H14F4N4OS. The van der Waals surface area contributed by atoms with Gasteiger partial charge in [-0.1, -0.05) is 6.07 Å². The summed E-state index contributed by atoms with van der Waals surface area (Å²) < 4.78 is 51.9. The van der Waals surface area contributed by atoms with Crippen molar-refractivity contribution in [2.75, 3.05) is 31.1 Å². The number of halogens is 4. The molecule has 0 unspecified atom stereocenters. The summed E-state index contributed by atoms with van der Waals surface area (Å²) in [7, 11) is 0. The van der Waals surface area contributed by atoms with Crippen molar-refractivity contribution in [1.82, 2.24) is 9.88 Å². The van der Waals surface area contributed by atoms with Crippen LogP contribution in [0.15, 0.2) is 41.6 Å². The first-order chi connectivity index (χ1) is 13.3. The number of carbonyl (C=O) groups excluding carboxylic acids is 1. The maximum absolute atomic E-state index is 13.8. The van der Waals surface area contributed by atoms with Crippen LogP contribution in [-0.2, 0) is 0 Å². The van der Waals surface area contributed by atoms with Crippen LogP contribution in [-0.4, -0.2) is 47.5 Å². The summed E-state index contributed by atoms with van der Waals surface area (Å²) in [5, 5.41) is 8.77. The lowest BCUT2D eigenvalue weighted by atomic mass is 10.1. The number of anilines is 1. The lowest BCUT2D eigenvalue weighted by molar-refractivity contribution is -0.0329. The molecule has 2 heterocycles. The third-order valence-electron chi connectivity index (χ3n) is 4.22. The summed E-state index contributed by atoms with van der Waals surface area (Å²) in [5.74, 6) is -1.16. The summed E-state index contributed by atoms with van der Waals surface area (Å²) in [5.41, 5.74) is -4.29. The van der Waals surface area contributed by atoms with Crippen LogP contribution in [0, 0.1) is 17.1 Å². The number of alkyl halides is 3. The Labute approximate surface area is 162 Å². The highest BCUT2D eigenvalue weighted by Crippen LogP contribution is 2.37. The summed E-state index contributed by atoms with van der Waals surface area (Å²) in [4.78, 5) is 19.6. The zero-order valence-electron chi connectivity index (χ0n) is 14.4. The maximum atomic E-state index is 13.8. The minimum absolute atomic E-state index is 0.0709. The Bertz CT molecular complexity index is 921. The van der Waals surface area contributed by atoms with Gasteiger partial charge in [0.1, 0.15) is 22.5 Å². The van der Waals surface area contributed by atoms with E-state index >= 15 is 0 Å². The number of benzene rings is 1. The molecule has 0 radical (unpaired) electrons. The number of carbonyl (C=O) groups is 1. The van der Waals surface area contributed by atoms with E-state index in [1.165, 1.54) is 35.4 Å². The zero-order valence-corrected chi connectivity index (χ0v) is 15.2. The number of nitriles is 1. The van der Waals surface area contributed by atoms with E-state index in [1.807, 2.05) is 6.07 Å². The Morgan fingerprint density at radius 1 is 1.14 bits per heavy atom. The van der Waals surface area contributed by atoms with Gasteiger partial charge in [-0.2, -0.15) is 18.4 Å². The lowest BCUT2D eigenvalue weighted by Gasteiger charge is -2.36. The molecule has 3 rings (SSSR count). The molecule has 0 spiro atoms. The van der Waals surface area contributed by atoms with Gasteiger partial charge in [-0.15, -0.1) is 0 Å².